The van der Waals surface area contributed by atoms with E-state index < -0.39 is 23.3 Å². The maximum absolute atomic E-state index is 12.6. The molecule has 8 aliphatic heterocycles. The first kappa shape index (κ1) is 102. The first-order valence-electron chi connectivity index (χ1n) is 45.8. The van der Waals surface area contributed by atoms with Crippen LogP contribution >= 0.6 is 23.1 Å². The summed E-state index contributed by atoms with van der Waals surface area (Å²) < 4.78 is 87.6. The van der Waals surface area contributed by atoms with Crippen molar-refractivity contribution in [3.63, 3.8) is 0 Å². The second-order valence-corrected chi connectivity index (χ2v) is 40.2. The van der Waals surface area contributed by atoms with Crippen molar-refractivity contribution in [2.24, 2.45) is 0 Å². The minimum Gasteiger partial charge on any atom is -0.454 e. The van der Waals surface area contributed by atoms with Gasteiger partial charge in [-0.2, -0.15) is 0 Å². The quantitative estimate of drug-likeness (QED) is 0.0851. The van der Waals surface area contributed by atoms with E-state index in [9.17, 15) is 32.8 Å². The fourth-order valence-corrected chi connectivity index (χ4v) is 16.4. The monoisotopic (exact) mass is 1850 g/mol. The molecule has 24 heteroatoms. The van der Waals surface area contributed by atoms with Gasteiger partial charge in [-0.1, -0.05) is 240 Å². The van der Waals surface area contributed by atoms with E-state index >= 15 is 0 Å². The molecule has 1 amide bonds. The number of thioether (sulfide) groups is 1. The van der Waals surface area contributed by atoms with Gasteiger partial charge in [0.15, 0.2) is 51.6 Å². The molecule has 2 aromatic heterocycles. The average Bonchev–Trinajstić information content (AvgIpc) is 1.62. The Labute approximate surface area is 788 Å². The van der Waals surface area contributed by atoms with Gasteiger partial charge < -0.3 is 66.8 Å². The van der Waals surface area contributed by atoms with Gasteiger partial charge in [0, 0.05) is 48.2 Å². The van der Waals surface area contributed by atoms with E-state index in [1.807, 2.05) is 151 Å². The van der Waals surface area contributed by atoms with E-state index in [4.69, 9.17) is 46.7 Å². The Morgan fingerprint density at radius 1 is 0.383 bits per heavy atom. The molecule has 0 saturated heterocycles. The van der Waals surface area contributed by atoms with Crippen molar-refractivity contribution in [3.8, 4) is 57.5 Å². The fraction of sp³-hybridized carbons (Fsp3) is 0.404. The molecule has 10 aromatic carbocycles. The van der Waals surface area contributed by atoms with Gasteiger partial charge in [-0.15, -0.1) is 8.78 Å². The van der Waals surface area contributed by atoms with Gasteiger partial charge in [0.1, 0.15) is 17.1 Å². The Bertz CT molecular complexity index is 5910. The highest BCUT2D eigenvalue weighted by atomic mass is 32.2. The molecule has 0 aliphatic carbocycles. The molecule has 0 saturated carbocycles. The van der Waals surface area contributed by atoms with Crippen LogP contribution in [0.5, 0.6) is 57.5 Å². The van der Waals surface area contributed by atoms with Gasteiger partial charge in [-0.05, 0) is 244 Å². The molecule has 0 radical (unpaired) electrons. The van der Waals surface area contributed by atoms with Crippen LogP contribution in [0.15, 0.2) is 205 Å². The summed E-state index contributed by atoms with van der Waals surface area (Å²) in [6.07, 6.45) is -2.69. The Morgan fingerprint density at radius 3 is 1.41 bits per heavy atom. The second kappa shape index (κ2) is 43.8. The third-order valence-electron chi connectivity index (χ3n) is 23.0. The summed E-state index contributed by atoms with van der Waals surface area (Å²) in [7, 11) is 0. The molecule has 8 aliphatic rings. The molecule has 2 atom stereocenters. The first-order valence-corrected chi connectivity index (χ1v) is 47.5. The number of carbonyl (C=O) groups is 3. The number of anilines is 2. The zero-order valence-electron chi connectivity index (χ0n) is 81.4. The van der Waals surface area contributed by atoms with Crippen molar-refractivity contribution < 1.29 is 79.4 Å². The van der Waals surface area contributed by atoms with Crippen LogP contribution in [0.3, 0.4) is 0 Å². The predicted octanol–water partition coefficient (Wildman–Crippen LogP) is 28.4. The van der Waals surface area contributed by atoms with Crippen molar-refractivity contribution in [1.29, 1.82) is 0 Å². The predicted molar refractivity (Wildman–Crippen MR) is 527 cm³/mol. The van der Waals surface area contributed by atoms with Crippen molar-refractivity contribution >= 4 is 73.7 Å². The summed E-state index contributed by atoms with van der Waals surface area (Å²) in [5.41, 5.74) is 19.5. The topological polar surface area (TPSA) is 244 Å². The summed E-state index contributed by atoms with van der Waals surface area (Å²) in [6.45, 7) is 54.9. The lowest BCUT2D eigenvalue weighted by molar-refractivity contribution is -0.286. The smallest absolute Gasteiger partial charge is 0.454 e. The number of amides is 1. The summed E-state index contributed by atoms with van der Waals surface area (Å²) in [4.78, 5) is 59.2. The Kier molecular flexibility index (Phi) is 33.4. The molecular weight excluding hydrogens is 1730 g/mol. The summed E-state index contributed by atoms with van der Waals surface area (Å²) in [5, 5.41) is 6.81. The van der Waals surface area contributed by atoms with Crippen LogP contribution in [0.25, 0.3) is 21.4 Å². The lowest BCUT2D eigenvalue weighted by Gasteiger charge is -2.16. The molecule has 12 aromatic rings. The lowest BCUT2D eigenvalue weighted by Crippen LogP contribution is -2.29. The molecule has 3 N–H and O–H groups in total. The summed E-state index contributed by atoms with van der Waals surface area (Å²) in [6, 6.07) is 59.8. The molecule has 0 bridgehead atoms. The fourth-order valence-electron chi connectivity index (χ4n) is 14.7. The van der Waals surface area contributed by atoms with E-state index in [1.165, 1.54) is 66.7 Å². The number of carbonyl (C=O) groups excluding carboxylic acids is 3. The van der Waals surface area contributed by atoms with E-state index in [2.05, 4.69) is 229 Å². The highest BCUT2D eigenvalue weighted by Gasteiger charge is 2.44. The molecule has 0 spiro atoms. The van der Waals surface area contributed by atoms with Crippen molar-refractivity contribution in [2.45, 2.75) is 286 Å². The van der Waals surface area contributed by atoms with E-state index in [1.54, 1.807) is 12.1 Å². The minimum atomic E-state index is -3.52. The molecule has 133 heavy (non-hydrogen) atoms. The van der Waals surface area contributed by atoms with Gasteiger partial charge in [0.05, 0.1) is 33.8 Å². The van der Waals surface area contributed by atoms with Crippen LogP contribution in [0.4, 0.5) is 20.2 Å². The SMILES string of the molecule is CC(C)c1ccc2[nH]c(=O)oc2c1.CC(C)c1ccc2c(c1)C(C)(C)C(=O)O2.CC(C)c1ccc2c(c1)CC(=O)N2.CC(C)c1ccc2c(c1)CC(=O)O2.CC(C)c1ccc2c(c1)OC(C)(C)O2.CC(C)c1ccc2c(c1)OC(F)(F)O2.CC(C)c1ccc2c(c1)OCO2.CC(C)c1ccc2oc(=O)sc2c1.CC1Nc2cc(C(C)C)ccc2S1.CC1Oc2ccc(C(C)C)cc2O1. The van der Waals surface area contributed by atoms with Crippen LogP contribution < -0.4 is 68.7 Å². The zero-order valence-corrected chi connectivity index (χ0v) is 83.0. The second-order valence-electron chi connectivity index (χ2n) is 37.9. The Hall–Kier alpha value is -12.0. The maximum atomic E-state index is 12.6. The molecule has 20 rings (SSSR count). The van der Waals surface area contributed by atoms with Gasteiger partial charge in [-0.25, -0.2) is 9.59 Å². The molecule has 708 valence electrons. The van der Waals surface area contributed by atoms with Crippen LogP contribution in [-0.2, 0) is 32.6 Å². The van der Waals surface area contributed by atoms with Gasteiger partial charge in [0.2, 0.25) is 24.8 Å². The standard InChI is InChI=1S/C13H16O2.C12H16O2.C11H13NO.C11H15NS.C11H14O2.C11H12O2.C10H10F2O2.C10H11NO2.C10H10O2S.C10H12O2/c1-8(2)9-5-6-11-10(7-9)13(3,4)12(14)15-11;1-8(2)9-5-6-10-11(7-9)14-12(3,4)13-10;1-7(2)8-3-4-10-9(5-8)6-11(13)12-10;1-7(2)9-4-5-11-10(6-9)12-8(3)13-11;1-7(2)9-4-5-10-11(6-9)13-8(3)12-10;1-7(2)8-3-4-10-9(5-8)6-11(12)13-10;1-6(2)7-3-4-8-9(5-7)14-10(11,12)13-8;1-6(2)7-3-4-8-9(5-7)13-10(12)11-8;1-6(2)7-3-4-8-9(5-7)13-10(11)12-8;1-7(2)8-3-4-9-10(5-8)12-6-11-9/h5-8H,1-4H3;5-8H,1-4H3;3-5,7H,6H2,1-2H3,(H,12,13);4-8,12H,1-3H3;4-8H,1-3H3;3-5,7H,6H2,1-2H3;3-6H,1-2H3;3-6H,1-2H3,(H,11,12);3-6H,1-2H3;3-5,7H,6H2,1-2H3. The molecule has 0 fully saturated rings. The van der Waals surface area contributed by atoms with Gasteiger partial charge in [-0.3, -0.25) is 19.4 Å². The summed E-state index contributed by atoms with van der Waals surface area (Å²) in [5.74, 6) is 10.7. The molecular formula is C109H129F2N3O17S2. The van der Waals surface area contributed by atoms with E-state index in [0.29, 0.717) is 89.4 Å². The highest BCUT2D eigenvalue weighted by molar-refractivity contribution is 8.00. The Balaban J connectivity index is 0.000000142. The minimum absolute atomic E-state index is 0.0967. The number of nitrogens with one attached hydrogen (secondary N) is 3. The van der Waals surface area contributed by atoms with Crippen LogP contribution in [0.1, 0.15) is 312 Å². The van der Waals surface area contributed by atoms with Crippen LogP contribution in [-0.4, -0.2) is 53.4 Å². The van der Waals surface area contributed by atoms with E-state index in [0.717, 1.165) is 95.5 Å². The molecule has 2 unspecified atom stereocenters. The van der Waals surface area contributed by atoms with E-state index in [-0.39, 0.29) is 46.5 Å². The number of aromatic nitrogens is 1. The van der Waals surface area contributed by atoms with Crippen molar-refractivity contribution in [1.82, 2.24) is 4.98 Å². The number of H-pyrrole nitrogens is 1. The number of halogens is 2. The largest absolute Gasteiger partial charge is 0.586 e. The van der Waals surface area contributed by atoms with Crippen molar-refractivity contribution in [2.75, 3.05) is 17.4 Å². The molecule has 10 heterocycles. The number of hydrogen-bond donors (Lipinski definition) is 3. The van der Waals surface area contributed by atoms with Gasteiger partial charge >= 0.3 is 28.9 Å². The van der Waals surface area contributed by atoms with Crippen LogP contribution in [0, 0.1) is 0 Å². The zero-order chi connectivity index (χ0) is 97.0. The Morgan fingerprint density at radius 2 is 0.820 bits per heavy atom. The number of alkyl halides is 2. The number of fused-ring (bicyclic) bond motifs is 10. The average molecular weight is 1860 g/mol. The van der Waals surface area contributed by atoms with Gasteiger partial charge in [0.25, 0.3) is 0 Å². The third-order valence-corrected chi connectivity index (χ3v) is 24.8. The normalized spacial score (nSPS) is 15.9. The number of esters is 2. The number of rotatable bonds is 10. The number of oxazole rings is 1. The highest BCUT2D eigenvalue weighted by Crippen LogP contribution is 2.46. The first-order chi connectivity index (χ1) is 62.6. The van der Waals surface area contributed by atoms with Crippen LogP contribution in [0.2, 0.25) is 0 Å². The number of aromatic amines is 1. The summed E-state index contributed by atoms with van der Waals surface area (Å²) >= 11 is 3.06. The lowest BCUT2D eigenvalue weighted by atomic mass is 9.84. The maximum Gasteiger partial charge on any atom is 0.586 e. The third kappa shape index (κ3) is 27.2. The molecule has 20 nitrogen and oxygen atoms in total. The number of benzene rings is 10. The number of ether oxygens (including phenoxy) is 10. The van der Waals surface area contributed by atoms with Crippen molar-refractivity contribution in [3.05, 3.63) is 275 Å². The number of hydrogen-bond acceptors (Lipinski definition) is 20.